The summed E-state index contributed by atoms with van der Waals surface area (Å²) >= 11 is 0. The number of amides is 1. The molecule has 1 unspecified atom stereocenters. The van der Waals surface area contributed by atoms with Gasteiger partial charge in [0.2, 0.25) is 0 Å². The zero-order valence-corrected chi connectivity index (χ0v) is 11.4. The van der Waals surface area contributed by atoms with E-state index in [2.05, 4.69) is 0 Å². The first-order valence-corrected chi connectivity index (χ1v) is 6.41. The minimum Gasteiger partial charge on any atom is -0.469 e. The van der Waals surface area contributed by atoms with E-state index in [-0.39, 0.29) is 30.1 Å². The Morgan fingerprint density at radius 3 is 2.11 bits per heavy atom. The lowest BCUT2D eigenvalue weighted by atomic mass is 9.74. The summed E-state index contributed by atoms with van der Waals surface area (Å²) in [5, 5.41) is 0. The van der Waals surface area contributed by atoms with Gasteiger partial charge < -0.3 is 14.4 Å². The Kier molecular flexibility index (Phi) is 3.25. The van der Waals surface area contributed by atoms with E-state index in [1.165, 1.54) is 7.11 Å². The predicted octanol–water partition coefficient (Wildman–Crippen LogP) is 1.95. The second-order valence-electron chi connectivity index (χ2n) is 6.12. The van der Waals surface area contributed by atoms with E-state index in [1.54, 1.807) is 4.90 Å². The second kappa shape index (κ2) is 4.44. The highest BCUT2D eigenvalue weighted by Gasteiger charge is 2.50. The van der Waals surface area contributed by atoms with E-state index in [1.807, 2.05) is 20.8 Å². The number of carbonyl (C=O) groups excluding carboxylic acids is 2. The number of ether oxygens (including phenoxy) is 2. The zero-order chi connectivity index (χ0) is 13.5. The molecule has 2 bridgehead atoms. The molecule has 5 nitrogen and oxygen atoms in total. The number of fused-ring (bicyclic) bond motifs is 2. The van der Waals surface area contributed by atoms with Crippen LogP contribution in [0.15, 0.2) is 0 Å². The van der Waals surface area contributed by atoms with E-state index >= 15 is 0 Å². The van der Waals surface area contributed by atoms with Gasteiger partial charge in [-0.05, 0) is 40.0 Å². The normalized spacial score (nSPS) is 30.4. The van der Waals surface area contributed by atoms with Crippen LogP contribution in [-0.2, 0) is 14.3 Å². The largest absolute Gasteiger partial charge is 0.469 e. The smallest absolute Gasteiger partial charge is 0.410 e. The number of carbonyl (C=O) groups is 2. The molecule has 3 atom stereocenters. The standard InChI is InChI=1S/C13H21NO4/c1-13(2,3)18-12(16)14-9-5-8(11(15)17-4)6-10(14)7-9/h8-10H,5-7H2,1-4H3/t8?,9-,10+. The molecule has 3 fully saturated rings. The van der Waals surface area contributed by atoms with Crippen molar-refractivity contribution in [2.24, 2.45) is 5.92 Å². The Morgan fingerprint density at radius 2 is 1.67 bits per heavy atom. The summed E-state index contributed by atoms with van der Waals surface area (Å²) in [6.45, 7) is 5.58. The molecule has 3 aliphatic rings. The average molecular weight is 255 g/mol. The van der Waals surface area contributed by atoms with Crippen molar-refractivity contribution in [3.8, 4) is 0 Å². The molecule has 1 aliphatic carbocycles. The molecule has 5 heteroatoms. The van der Waals surface area contributed by atoms with Gasteiger partial charge in [-0.25, -0.2) is 4.79 Å². The Morgan fingerprint density at radius 1 is 1.11 bits per heavy atom. The molecular formula is C13H21NO4. The van der Waals surface area contributed by atoms with Gasteiger partial charge in [-0.1, -0.05) is 0 Å². The van der Waals surface area contributed by atoms with Crippen LogP contribution in [0, 0.1) is 5.92 Å². The van der Waals surface area contributed by atoms with E-state index in [0.29, 0.717) is 12.8 Å². The van der Waals surface area contributed by atoms with Gasteiger partial charge in [-0.3, -0.25) is 4.79 Å². The Hall–Kier alpha value is -1.26. The lowest BCUT2D eigenvalue weighted by Gasteiger charge is -2.54. The number of esters is 1. The van der Waals surface area contributed by atoms with Crippen LogP contribution < -0.4 is 0 Å². The molecule has 0 aromatic carbocycles. The molecule has 18 heavy (non-hydrogen) atoms. The van der Waals surface area contributed by atoms with Gasteiger partial charge >= 0.3 is 12.1 Å². The van der Waals surface area contributed by atoms with Gasteiger partial charge in [0.1, 0.15) is 5.60 Å². The van der Waals surface area contributed by atoms with E-state index in [0.717, 1.165) is 6.42 Å². The summed E-state index contributed by atoms with van der Waals surface area (Å²) in [4.78, 5) is 25.3. The highest BCUT2D eigenvalue weighted by molar-refractivity contribution is 5.75. The minimum absolute atomic E-state index is 0.0579. The van der Waals surface area contributed by atoms with Crippen LogP contribution in [0.5, 0.6) is 0 Å². The quantitative estimate of drug-likeness (QED) is 0.672. The summed E-state index contributed by atoms with van der Waals surface area (Å²) in [5.41, 5.74) is -0.470. The van der Waals surface area contributed by atoms with Crippen LogP contribution in [0.25, 0.3) is 0 Å². The van der Waals surface area contributed by atoms with Crippen LogP contribution in [0.4, 0.5) is 4.79 Å². The summed E-state index contributed by atoms with van der Waals surface area (Å²) in [7, 11) is 1.41. The van der Waals surface area contributed by atoms with Crippen LogP contribution in [0.3, 0.4) is 0 Å². The summed E-state index contributed by atoms with van der Waals surface area (Å²) in [6.07, 6.45) is 2.12. The van der Waals surface area contributed by atoms with Gasteiger partial charge in [0, 0.05) is 12.1 Å². The molecule has 102 valence electrons. The lowest BCUT2D eigenvalue weighted by Crippen LogP contribution is -2.64. The molecular weight excluding hydrogens is 234 g/mol. The number of piperidine rings is 1. The first-order valence-electron chi connectivity index (χ1n) is 6.41. The molecule has 0 N–H and O–H groups in total. The van der Waals surface area contributed by atoms with Crippen molar-refractivity contribution >= 4 is 12.1 Å². The molecule has 2 saturated heterocycles. The third-order valence-electron chi connectivity index (χ3n) is 3.58. The van der Waals surface area contributed by atoms with Gasteiger partial charge in [-0.15, -0.1) is 0 Å². The maximum Gasteiger partial charge on any atom is 0.410 e. The number of rotatable bonds is 1. The molecule has 1 amide bonds. The molecule has 1 saturated carbocycles. The molecule has 0 radical (unpaired) electrons. The van der Waals surface area contributed by atoms with E-state index in [9.17, 15) is 9.59 Å². The van der Waals surface area contributed by atoms with Crippen LogP contribution >= 0.6 is 0 Å². The highest BCUT2D eigenvalue weighted by Crippen LogP contribution is 2.42. The van der Waals surface area contributed by atoms with Crippen LogP contribution in [0.1, 0.15) is 40.0 Å². The van der Waals surface area contributed by atoms with Gasteiger partial charge in [0.25, 0.3) is 0 Å². The van der Waals surface area contributed by atoms with Crippen molar-refractivity contribution in [3.63, 3.8) is 0 Å². The molecule has 2 aliphatic heterocycles. The van der Waals surface area contributed by atoms with Crippen molar-refractivity contribution in [1.82, 2.24) is 4.90 Å². The first-order chi connectivity index (χ1) is 8.31. The fourth-order valence-corrected chi connectivity index (χ4v) is 2.85. The first kappa shape index (κ1) is 13.2. The number of hydrogen-bond acceptors (Lipinski definition) is 4. The molecule has 0 spiro atoms. The van der Waals surface area contributed by atoms with Gasteiger partial charge in [-0.2, -0.15) is 0 Å². The van der Waals surface area contributed by atoms with Crippen LogP contribution in [0.2, 0.25) is 0 Å². The van der Waals surface area contributed by atoms with Crippen molar-refractivity contribution < 1.29 is 19.1 Å². The summed E-state index contributed by atoms with van der Waals surface area (Å²) in [6, 6.07) is 0.283. The van der Waals surface area contributed by atoms with Crippen molar-refractivity contribution in [1.29, 1.82) is 0 Å². The maximum atomic E-state index is 12.0. The Balaban J connectivity index is 1.93. The van der Waals surface area contributed by atoms with Crippen molar-refractivity contribution in [2.45, 2.75) is 57.7 Å². The Bertz CT molecular complexity index is 348. The summed E-state index contributed by atoms with van der Waals surface area (Å²) in [5.74, 6) is -0.217. The third-order valence-corrected chi connectivity index (χ3v) is 3.58. The second-order valence-corrected chi connectivity index (χ2v) is 6.12. The lowest BCUT2D eigenvalue weighted by molar-refractivity contribution is -0.153. The van der Waals surface area contributed by atoms with Crippen LogP contribution in [-0.4, -0.2) is 41.8 Å². The molecule has 3 rings (SSSR count). The number of hydrogen-bond donors (Lipinski definition) is 0. The molecule has 2 heterocycles. The number of nitrogens with zero attached hydrogens (tertiary/aromatic N) is 1. The maximum absolute atomic E-state index is 12.0. The van der Waals surface area contributed by atoms with Crippen molar-refractivity contribution in [3.05, 3.63) is 0 Å². The topological polar surface area (TPSA) is 55.8 Å². The fraction of sp³-hybridized carbons (Fsp3) is 0.846. The molecule has 0 aromatic heterocycles. The average Bonchev–Trinajstić information content (AvgIpc) is 2.25. The van der Waals surface area contributed by atoms with E-state index in [4.69, 9.17) is 9.47 Å². The zero-order valence-electron chi connectivity index (χ0n) is 11.4. The fourth-order valence-electron chi connectivity index (χ4n) is 2.85. The SMILES string of the molecule is COC(=O)C1C[C@@H]2C[C@H](C1)N2C(=O)OC(C)(C)C. The molecule has 0 aromatic rings. The summed E-state index contributed by atoms with van der Waals surface area (Å²) < 4.78 is 10.1. The highest BCUT2D eigenvalue weighted by atomic mass is 16.6. The van der Waals surface area contributed by atoms with Gasteiger partial charge in [0.05, 0.1) is 13.0 Å². The van der Waals surface area contributed by atoms with Gasteiger partial charge in [0.15, 0.2) is 0 Å². The predicted molar refractivity (Wildman–Crippen MR) is 65.0 cm³/mol. The minimum atomic E-state index is -0.470. The Labute approximate surface area is 107 Å². The van der Waals surface area contributed by atoms with E-state index < -0.39 is 5.60 Å². The van der Waals surface area contributed by atoms with Crippen molar-refractivity contribution in [2.75, 3.05) is 7.11 Å². The number of methoxy groups -OCH3 is 1. The third kappa shape index (κ3) is 2.44. The monoisotopic (exact) mass is 255 g/mol.